The molecule has 0 aromatic heterocycles. The highest BCUT2D eigenvalue weighted by molar-refractivity contribution is 7.92. The van der Waals surface area contributed by atoms with Gasteiger partial charge in [0.25, 0.3) is 15.9 Å². The van der Waals surface area contributed by atoms with Gasteiger partial charge in [-0.05, 0) is 61.4 Å². The summed E-state index contributed by atoms with van der Waals surface area (Å²) in [7, 11) is -3.75. The van der Waals surface area contributed by atoms with Crippen molar-refractivity contribution in [3.05, 3.63) is 88.4 Å². The quantitative estimate of drug-likeness (QED) is 0.616. The lowest BCUT2D eigenvalue weighted by Crippen LogP contribution is -2.17. The number of anilines is 2. The molecule has 3 aromatic carbocycles. The maximum Gasteiger partial charge on any atom is 0.261 e. The van der Waals surface area contributed by atoms with Crippen molar-refractivity contribution in [2.45, 2.75) is 18.7 Å². The van der Waals surface area contributed by atoms with Crippen LogP contribution in [0.15, 0.2) is 71.6 Å². The van der Waals surface area contributed by atoms with Gasteiger partial charge in [-0.2, -0.15) is 0 Å². The molecule has 3 aromatic rings. The zero-order valence-corrected chi connectivity index (χ0v) is 16.9. The van der Waals surface area contributed by atoms with Crippen molar-refractivity contribution >= 4 is 38.9 Å². The second-order valence-corrected chi connectivity index (χ2v) is 8.40. The molecule has 0 saturated heterocycles. The molecule has 0 unspecified atom stereocenters. The molecule has 0 bridgehead atoms. The van der Waals surface area contributed by atoms with E-state index in [9.17, 15) is 13.2 Å². The fourth-order valence-corrected chi connectivity index (χ4v) is 3.99. The van der Waals surface area contributed by atoms with Crippen LogP contribution in [-0.4, -0.2) is 14.3 Å². The molecule has 5 nitrogen and oxygen atoms in total. The van der Waals surface area contributed by atoms with Crippen molar-refractivity contribution in [3.8, 4) is 0 Å². The zero-order valence-electron chi connectivity index (χ0n) is 15.4. The Balaban J connectivity index is 1.86. The topological polar surface area (TPSA) is 75.3 Å². The van der Waals surface area contributed by atoms with Gasteiger partial charge in [0.05, 0.1) is 10.6 Å². The number of aryl methyl sites for hydroxylation is 1. The zero-order chi connectivity index (χ0) is 20.3. The second-order valence-electron chi connectivity index (χ2n) is 6.31. The van der Waals surface area contributed by atoms with Gasteiger partial charge in [0.15, 0.2) is 0 Å². The third-order valence-electron chi connectivity index (χ3n) is 4.31. The van der Waals surface area contributed by atoms with Gasteiger partial charge in [-0.3, -0.25) is 9.52 Å². The molecule has 0 atom stereocenters. The highest BCUT2D eigenvalue weighted by atomic mass is 35.5. The standard InChI is InChI=1S/C21H19ClN2O3S/c1-14-11-12-16(13-19(14)22)23-21(25)18-9-6-10-20(15(18)2)24-28(26,27)17-7-4-3-5-8-17/h3-13,24H,1-2H3,(H,23,25). The summed E-state index contributed by atoms with van der Waals surface area (Å²) in [6.07, 6.45) is 0. The number of nitrogens with one attached hydrogen (secondary N) is 2. The summed E-state index contributed by atoms with van der Waals surface area (Å²) in [5.74, 6) is -0.349. The average molecular weight is 415 g/mol. The van der Waals surface area contributed by atoms with E-state index < -0.39 is 10.0 Å². The van der Waals surface area contributed by atoms with E-state index in [2.05, 4.69) is 10.0 Å². The molecule has 0 aliphatic heterocycles. The first-order valence-corrected chi connectivity index (χ1v) is 10.4. The highest BCUT2D eigenvalue weighted by Crippen LogP contribution is 2.25. The van der Waals surface area contributed by atoms with E-state index in [1.165, 1.54) is 12.1 Å². The number of rotatable bonds is 5. The van der Waals surface area contributed by atoms with E-state index in [1.54, 1.807) is 55.5 Å². The third-order valence-corrected chi connectivity index (χ3v) is 6.09. The van der Waals surface area contributed by atoms with Crippen molar-refractivity contribution in [2.75, 3.05) is 10.0 Å². The fraction of sp³-hybridized carbons (Fsp3) is 0.0952. The molecule has 1 amide bonds. The summed E-state index contributed by atoms with van der Waals surface area (Å²) in [6, 6.07) is 18.2. The van der Waals surface area contributed by atoms with E-state index >= 15 is 0 Å². The van der Waals surface area contributed by atoms with Crippen molar-refractivity contribution in [3.63, 3.8) is 0 Å². The first kappa shape index (κ1) is 19.9. The Labute approximate surface area is 169 Å². The molecule has 0 aliphatic rings. The maximum absolute atomic E-state index is 12.7. The number of benzene rings is 3. The monoisotopic (exact) mass is 414 g/mol. The molecule has 0 spiro atoms. The summed E-state index contributed by atoms with van der Waals surface area (Å²) in [6.45, 7) is 3.57. The van der Waals surface area contributed by atoms with Crippen molar-refractivity contribution in [1.29, 1.82) is 0 Å². The van der Waals surface area contributed by atoms with Crippen molar-refractivity contribution < 1.29 is 13.2 Å². The van der Waals surface area contributed by atoms with Gasteiger partial charge in [0.1, 0.15) is 0 Å². The van der Waals surface area contributed by atoms with E-state index in [-0.39, 0.29) is 10.8 Å². The Hall–Kier alpha value is -2.83. The van der Waals surface area contributed by atoms with Crippen LogP contribution in [0.3, 0.4) is 0 Å². The van der Waals surface area contributed by atoms with Gasteiger partial charge in [0, 0.05) is 16.3 Å². The molecule has 144 valence electrons. The lowest BCUT2D eigenvalue weighted by Gasteiger charge is -2.14. The number of hydrogen-bond donors (Lipinski definition) is 2. The van der Waals surface area contributed by atoms with Crippen molar-refractivity contribution in [1.82, 2.24) is 0 Å². The van der Waals surface area contributed by atoms with Crippen LogP contribution in [0, 0.1) is 13.8 Å². The van der Waals surface area contributed by atoms with E-state index in [4.69, 9.17) is 11.6 Å². The van der Waals surface area contributed by atoms with Gasteiger partial charge in [-0.25, -0.2) is 8.42 Å². The third kappa shape index (κ3) is 4.35. The Bertz CT molecular complexity index is 1130. The molecule has 0 aliphatic carbocycles. The van der Waals surface area contributed by atoms with Gasteiger partial charge in [0.2, 0.25) is 0 Å². The molecular weight excluding hydrogens is 396 g/mol. The van der Waals surface area contributed by atoms with Gasteiger partial charge < -0.3 is 5.32 Å². The minimum absolute atomic E-state index is 0.151. The lowest BCUT2D eigenvalue weighted by molar-refractivity contribution is 0.102. The van der Waals surface area contributed by atoms with Crippen LogP contribution < -0.4 is 10.0 Å². The predicted octanol–water partition coefficient (Wildman–Crippen LogP) is 5.01. The molecule has 0 radical (unpaired) electrons. The summed E-state index contributed by atoms with van der Waals surface area (Å²) < 4.78 is 27.7. The molecule has 0 saturated carbocycles. The maximum atomic E-state index is 12.7. The number of sulfonamides is 1. The first-order valence-electron chi connectivity index (χ1n) is 8.53. The van der Waals surface area contributed by atoms with Crippen LogP contribution in [0.4, 0.5) is 11.4 Å². The molecule has 7 heteroatoms. The van der Waals surface area contributed by atoms with Gasteiger partial charge >= 0.3 is 0 Å². The largest absolute Gasteiger partial charge is 0.322 e. The van der Waals surface area contributed by atoms with Crippen molar-refractivity contribution in [2.24, 2.45) is 0 Å². The second kappa shape index (κ2) is 8.04. The minimum Gasteiger partial charge on any atom is -0.322 e. The number of carbonyl (C=O) groups excluding carboxylic acids is 1. The Morgan fingerprint density at radius 1 is 0.929 bits per heavy atom. The molecule has 0 fully saturated rings. The van der Waals surface area contributed by atoms with Gasteiger partial charge in [-0.15, -0.1) is 0 Å². The van der Waals surface area contributed by atoms with Crippen LogP contribution in [0.25, 0.3) is 0 Å². The first-order chi connectivity index (χ1) is 13.3. The van der Waals surface area contributed by atoms with Crippen LogP contribution in [0.1, 0.15) is 21.5 Å². The normalized spacial score (nSPS) is 11.1. The molecule has 28 heavy (non-hydrogen) atoms. The molecule has 3 rings (SSSR count). The smallest absolute Gasteiger partial charge is 0.261 e. The summed E-state index contributed by atoms with van der Waals surface area (Å²) >= 11 is 6.10. The highest BCUT2D eigenvalue weighted by Gasteiger charge is 2.18. The van der Waals surface area contributed by atoms with Crippen LogP contribution in [0.2, 0.25) is 5.02 Å². The Morgan fingerprint density at radius 3 is 2.32 bits per heavy atom. The fourth-order valence-electron chi connectivity index (χ4n) is 2.66. The predicted molar refractivity (Wildman–Crippen MR) is 113 cm³/mol. The van der Waals surface area contributed by atoms with Crippen LogP contribution in [-0.2, 0) is 10.0 Å². The average Bonchev–Trinajstić information content (AvgIpc) is 2.67. The molecular formula is C21H19ClN2O3S. The van der Waals surface area contributed by atoms with Gasteiger partial charge in [-0.1, -0.05) is 41.9 Å². The van der Waals surface area contributed by atoms with Crippen LogP contribution >= 0.6 is 11.6 Å². The number of halogens is 1. The van der Waals surface area contributed by atoms with Crippen LogP contribution in [0.5, 0.6) is 0 Å². The van der Waals surface area contributed by atoms with E-state index in [0.717, 1.165) is 5.56 Å². The van der Waals surface area contributed by atoms with E-state index in [0.29, 0.717) is 27.5 Å². The Morgan fingerprint density at radius 2 is 1.64 bits per heavy atom. The number of hydrogen-bond acceptors (Lipinski definition) is 3. The summed E-state index contributed by atoms with van der Waals surface area (Å²) in [5.41, 5.74) is 2.71. The minimum atomic E-state index is -3.75. The molecule has 2 N–H and O–H groups in total. The molecule has 0 heterocycles. The number of carbonyl (C=O) groups is 1. The summed E-state index contributed by atoms with van der Waals surface area (Å²) in [4.78, 5) is 12.8. The van der Waals surface area contributed by atoms with E-state index in [1.807, 2.05) is 13.0 Å². The SMILES string of the molecule is Cc1ccc(NC(=O)c2cccc(NS(=O)(=O)c3ccccc3)c2C)cc1Cl. The lowest BCUT2D eigenvalue weighted by atomic mass is 10.1. The summed E-state index contributed by atoms with van der Waals surface area (Å²) in [5, 5.41) is 3.34. The Kier molecular flexibility index (Phi) is 5.72. The number of amides is 1.